The normalized spacial score (nSPS) is 21.6. The lowest BCUT2D eigenvalue weighted by Gasteiger charge is -2.40. The highest BCUT2D eigenvalue weighted by atomic mass is 32.1. The summed E-state index contributed by atoms with van der Waals surface area (Å²) in [6, 6.07) is 7.68. The van der Waals surface area contributed by atoms with Gasteiger partial charge < -0.3 is 10.4 Å². The van der Waals surface area contributed by atoms with Crippen molar-refractivity contribution in [3.05, 3.63) is 52.9 Å². The lowest BCUT2D eigenvalue weighted by atomic mass is 9.70. The Morgan fingerprint density at radius 2 is 2.00 bits per heavy atom. The number of nitrogens with zero attached hydrogens (tertiary/aromatic N) is 3. The fourth-order valence-corrected chi connectivity index (χ4v) is 5.43. The first-order valence-electron chi connectivity index (χ1n) is 10.7. The van der Waals surface area contributed by atoms with E-state index in [0.29, 0.717) is 11.6 Å². The largest absolute Gasteiger partial charge is 0.383 e. The zero-order valence-corrected chi connectivity index (χ0v) is 19.3. The molecule has 7 heteroatoms. The summed E-state index contributed by atoms with van der Waals surface area (Å²) in [5.74, 6) is 0.363. The van der Waals surface area contributed by atoms with E-state index in [1.807, 2.05) is 25.3 Å². The molecule has 0 bridgehead atoms. The van der Waals surface area contributed by atoms with Crippen molar-refractivity contribution >= 4 is 23.0 Å². The number of alkyl halides is 1. The second-order valence-corrected chi connectivity index (χ2v) is 10.4. The van der Waals surface area contributed by atoms with Gasteiger partial charge in [-0.2, -0.15) is 0 Å². The molecule has 0 radical (unpaired) electrons. The monoisotopic (exact) mass is 440 g/mol. The van der Waals surface area contributed by atoms with Crippen molar-refractivity contribution in [2.45, 2.75) is 65.2 Å². The predicted octanol–water partition coefficient (Wildman–Crippen LogP) is 6.47. The van der Waals surface area contributed by atoms with Crippen LogP contribution in [0.4, 0.5) is 16.0 Å². The van der Waals surface area contributed by atoms with Gasteiger partial charge in [-0.3, -0.25) is 0 Å². The minimum absolute atomic E-state index is 0.116. The Morgan fingerprint density at radius 1 is 1.19 bits per heavy atom. The number of rotatable bonds is 5. The number of benzene rings is 1. The Bertz CT molecular complexity index is 1080. The van der Waals surface area contributed by atoms with Gasteiger partial charge in [0.15, 0.2) is 0 Å². The Hall–Kier alpha value is -2.38. The molecule has 2 heterocycles. The molecule has 1 aliphatic carbocycles. The van der Waals surface area contributed by atoms with Gasteiger partial charge in [0.1, 0.15) is 16.8 Å². The van der Waals surface area contributed by atoms with Gasteiger partial charge in [-0.1, -0.05) is 19.9 Å². The third-order valence-corrected chi connectivity index (χ3v) is 7.06. The average Bonchev–Trinajstić information content (AvgIpc) is 3.18. The minimum Gasteiger partial charge on any atom is -0.383 e. The summed E-state index contributed by atoms with van der Waals surface area (Å²) in [4.78, 5) is 14.1. The molecule has 1 fully saturated rings. The SMILES string of the molecule is Cc1cc(Nc2nccc([C@H](C)F)n2)cc(-c2cnc(C3(O)CCCC(C)(C)C3)s2)c1. The molecule has 0 aliphatic heterocycles. The van der Waals surface area contributed by atoms with E-state index in [4.69, 9.17) is 0 Å². The number of aryl methyl sites for hydroxylation is 1. The Kier molecular flexibility index (Phi) is 5.83. The van der Waals surface area contributed by atoms with Crippen molar-refractivity contribution in [2.75, 3.05) is 5.32 Å². The van der Waals surface area contributed by atoms with Crippen LogP contribution < -0.4 is 5.32 Å². The fourth-order valence-electron chi connectivity index (χ4n) is 4.41. The molecule has 31 heavy (non-hydrogen) atoms. The van der Waals surface area contributed by atoms with Gasteiger partial charge in [0.2, 0.25) is 5.95 Å². The topological polar surface area (TPSA) is 70.9 Å². The number of nitrogens with one attached hydrogen (secondary N) is 1. The van der Waals surface area contributed by atoms with Gasteiger partial charge in [0.05, 0.1) is 10.6 Å². The Morgan fingerprint density at radius 3 is 2.74 bits per heavy atom. The molecule has 4 rings (SSSR count). The molecule has 3 aromatic rings. The molecule has 1 aromatic carbocycles. The van der Waals surface area contributed by atoms with E-state index in [2.05, 4.69) is 40.2 Å². The van der Waals surface area contributed by atoms with Crippen LogP contribution in [0.15, 0.2) is 36.7 Å². The standard InChI is InChI=1S/C24H29FN4OS/c1-15-10-17(12-18(11-15)28-22-26-9-6-19(29-22)16(2)25)20-13-27-21(31-20)24(30)8-5-7-23(3,4)14-24/h6,9-13,16,30H,5,7-8,14H2,1-4H3,(H,26,28,29)/t16-,24?/m0/s1. The number of anilines is 2. The van der Waals surface area contributed by atoms with Gasteiger partial charge in [-0.15, -0.1) is 11.3 Å². The van der Waals surface area contributed by atoms with Crippen LogP contribution in [0, 0.1) is 12.3 Å². The molecule has 164 valence electrons. The molecular formula is C24H29FN4OS. The number of halogens is 1. The summed E-state index contributed by atoms with van der Waals surface area (Å²) in [5.41, 5.74) is 2.52. The second kappa shape index (κ2) is 8.28. The highest BCUT2D eigenvalue weighted by Crippen LogP contribution is 2.48. The van der Waals surface area contributed by atoms with Crippen molar-refractivity contribution in [3.63, 3.8) is 0 Å². The van der Waals surface area contributed by atoms with Crippen LogP contribution in [0.2, 0.25) is 0 Å². The average molecular weight is 441 g/mol. The quantitative estimate of drug-likeness (QED) is 0.476. The number of hydrogen-bond acceptors (Lipinski definition) is 6. The van der Waals surface area contributed by atoms with Crippen LogP contribution in [-0.2, 0) is 5.60 Å². The van der Waals surface area contributed by atoms with E-state index in [1.54, 1.807) is 23.6 Å². The van der Waals surface area contributed by atoms with Crippen molar-refractivity contribution in [1.29, 1.82) is 0 Å². The Balaban J connectivity index is 1.60. The van der Waals surface area contributed by atoms with E-state index in [1.165, 1.54) is 6.92 Å². The molecule has 1 saturated carbocycles. The first-order chi connectivity index (χ1) is 14.6. The van der Waals surface area contributed by atoms with E-state index in [9.17, 15) is 9.50 Å². The molecule has 5 nitrogen and oxygen atoms in total. The third kappa shape index (κ3) is 4.93. The number of thiazole rings is 1. The van der Waals surface area contributed by atoms with E-state index >= 15 is 0 Å². The smallest absolute Gasteiger partial charge is 0.227 e. The van der Waals surface area contributed by atoms with Crippen LogP contribution in [-0.4, -0.2) is 20.1 Å². The highest BCUT2D eigenvalue weighted by molar-refractivity contribution is 7.15. The molecule has 1 aliphatic rings. The van der Waals surface area contributed by atoms with Crippen molar-refractivity contribution in [1.82, 2.24) is 15.0 Å². The van der Waals surface area contributed by atoms with Crippen molar-refractivity contribution in [2.24, 2.45) is 5.41 Å². The summed E-state index contributed by atoms with van der Waals surface area (Å²) >= 11 is 1.55. The van der Waals surface area contributed by atoms with Crippen LogP contribution in [0.25, 0.3) is 10.4 Å². The predicted molar refractivity (Wildman–Crippen MR) is 123 cm³/mol. The number of aromatic nitrogens is 3. The summed E-state index contributed by atoms with van der Waals surface area (Å²) in [6.45, 7) is 7.91. The molecule has 0 saturated heterocycles. The molecule has 1 unspecified atom stereocenters. The van der Waals surface area contributed by atoms with Crippen LogP contribution >= 0.6 is 11.3 Å². The zero-order chi connectivity index (χ0) is 22.2. The number of aliphatic hydroxyl groups is 1. The third-order valence-electron chi connectivity index (χ3n) is 5.82. The summed E-state index contributed by atoms with van der Waals surface area (Å²) < 4.78 is 13.6. The molecule has 2 N–H and O–H groups in total. The minimum atomic E-state index is -1.15. The maximum atomic E-state index is 13.6. The maximum absolute atomic E-state index is 13.6. The van der Waals surface area contributed by atoms with E-state index in [-0.39, 0.29) is 5.41 Å². The summed E-state index contributed by atoms with van der Waals surface area (Å²) in [6.07, 6.45) is 5.87. The second-order valence-electron chi connectivity index (χ2n) is 9.39. The lowest BCUT2D eigenvalue weighted by Crippen LogP contribution is -2.36. The lowest BCUT2D eigenvalue weighted by molar-refractivity contribution is -0.0441. The van der Waals surface area contributed by atoms with Crippen molar-refractivity contribution < 1.29 is 9.50 Å². The Labute approximate surface area is 186 Å². The van der Waals surface area contributed by atoms with Gasteiger partial charge in [-0.05, 0) is 74.3 Å². The highest BCUT2D eigenvalue weighted by Gasteiger charge is 2.41. The summed E-state index contributed by atoms with van der Waals surface area (Å²) in [5, 5.41) is 15.3. The van der Waals surface area contributed by atoms with Crippen molar-refractivity contribution in [3.8, 4) is 10.4 Å². The van der Waals surface area contributed by atoms with E-state index in [0.717, 1.165) is 52.4 Å². The summed E-state index contributed by atoms with van der Waals surface area (Å²) in [7, 11) is 0. The van der Waals surface area contributed by atoms with Gasteiger partial charge in [-0.25, -0.2) is 19.3 Å². The molecular weight excluding hydrogens is 411 g/mol. The molecule has 2 atom stereocenters. The first-order valence-corrected chi connectivity index (χ1v) is 11.5. The molecule has 0 amide bonds. The van der Waals surface area contributed by atoms with Crippen LogP contribution in [0.5, 0.6) is 0 Å². The maximum Gasteiger partial charge on any atom is 0.227 e. The van der Waals surface area contributed by atoms with Gasteiger partial charge in [0.25, 0.3) is 0 Å². The van der Waals surface area contributed by atoms with Gasteiger partial charge in [0, 0.05) is 18.1 Å². The van der Waals surface area contributed by atoms with Crippen LogP contribution in [0.1, 0.15) is 68.9 Å². The van der Waals surface area contributed by atoms with E-state index < -0.39 is 11.8 Å². The number of hydrogen-bond donors (Lipinski definition) is 2. The van der Waals surface area contributed by atoms with Crippen LogP contribution in [0.3, 0.4) is 0 Å². The molecule has 0 spiro atoms. The first kappa shape index (κ1) is 21.8. The van der Waals surface area contributed by atoms with Gasteiger partial charge >= 0.3 is 0 Å². The molecule has 2 aromatic heterocycles. The fraction of sp³-hybridized carbons (Fsp3) is 0.458. The zero-order valence-electron chi connectivity index (χ0n) is 18.4.